The molecule has 0 fully saturated rings. The molecule has 0 aliphatic heterocycles. The number of nitrogens with zero attached hydrogens (tertiary/aromatic N) is 1. The van der Waals surface area contributed by atoms with Crippen LogP contribution in [-0.4, -0.2) is 37.9 Å². The highest BCUT2D eigenvalue weighted by molar-refractivity contribution is 14.0. The first-order valence-electron chi connectivity index (χ1n) is 8.76. The number of nitrogens with one attached hydrogen (secondary N) is 2. The second kappa shape index (κ2) is 13.4. The minimum absolute atomic E-state index is 0. The summed E-state index contributed by atoms with van der Waals surface area (Å²) in [6.07, 6.45) is 0. The number of benzene rings is 1. The summed E-state index contributed by atoms with van der Waals surface area (Å²) in [5.41, 5.74) is 2.22. The van der Waals surface area contributed by atoms with Gasteiger partial charge in [0.2, 0.25) is 0 Å². The summed E-state index contributed by atoms with van der Waals surface area (Å²) in [6, 6.07) is 8.39. The minimum Gasteiger partial charge on any atom is -0.380 e. The van der Waals surface area contributed by atoms with Crippen LogP contribution in [0.4, 0.5) is 0 Å². The summed E-state index contributed by atoms with van der Waals surface area (Å²) < 4.78 is 11.2. The van der Waals surface area contributed by atoms with Gasteiger partial charge >= 0.3 is 0 Å². The Hall–Kier alpha value is -0.860. The van der Waals surface area contributed by atoms with Crippen molar-refractivity contribution in [3.8, 4) is 0 Å². The zero-order valence-electron chi connectivity index (χ0n) is 16.2. The average Bonchev–Trinajstić information content (AvgIpc) is 2.54. The van der Waals surface area contributed by atoms with Crippen LogP contribution in [0.5, 0.6) is 0 Å². The molecule has 0 saturated carbocycles. The second-order valence-electron chi connectivity index (χ2n) is 6.54. The van der Waals surface area contributed by atoms with Crippen molar-refractivity contribution < 1.29 is 9.47 Å². The highest BCUT2D eigenvalue weighted by Gasteiger charge is 2.10. The largest absolute Gasteiger partial charge is 0.380 e. The Balaban J connectivity index is 0.00000576. The maximum atomic E-state index is 5.84. The predicted octanol–water partition coefficient (Wildman–Crippen LogP) is 3.71. The lowest BCUT2D eigenvalue weighted by molar-refractivity contribution is -0.0149. The Morgan fingerprint density at radius 1 is 1.12 bits per heavy atom. The molecule has 0 heterocycles. The molecule has 25 heavy (non-hydrogen) atoms. The van der Waals surface area contributed by atoms with Gasteiger partial charge in [0.25, 0.3) is 0 Å². The zero-order valence-corrected chi connectivity index (χ0v) is 18.6. The lowest BCUT2D eigenvalue weighted by Crippen LogP contribution is -2.39. The van der Waals surface area contributed by atoms with Crippen molar-refractivity contribution >= 4 is 29.9 Å². The van der Waals surface area contributed by atoms with Gasteiger partial charge in [-0.15, -0.1) is 24.0 Å². The standard InChI is InChI=1S/C19H33N3O2.HI/c1-6-20-18(21-11-12-23-7-2)22-14-16-9-8-10-17(13-16)15-24-19(3,4)5;/h8-10,13H,6-7,11-12,14-15H2,1-5H3,(H2,20,21,22);1H. The van der Waals surface area contributed by atoms with Crippen LogP contribution in [0, 0.1) is 0 Å². The van der Waals surface area contributed by atoms with Gasteiger partial charge in [0.1, 0.15) is 0 Å². The maximum absolute atomic E-state index is 5.84. The van der Waals surface area contributed by atoms with E-state index in [9.17, 15) is 0 Å². The third kappa shape index (κ3) is 12.2. The van der Waals surface area contributed by atoms with Crippen molar-refractivity contribution in [2.24, 2.45) is 4.99 Å². The minimum atomic E-state index is -0.128. The second-order valence-corrected chi connectivity index (χ2v) is 6.54. The summed E-state index contributed by atoms with van der Waals surface area (Å²) in [6.45, 7) is 14.5. The van der Waals surface area contributed by atoms with E-state index in [4.69, 9.17) is 9.47 Å². The highest BCUT2D eigenvalue weighted by atomic mass is 127. The van der Waals surface area contributed by atoms with Crippen molar-refractivity contribution in [3.05, 3.63) is 35.4 Å². The summed E-state index contributed by atoms with van der Waals surface area (Å²) in [5.74, 6) is 0.813. The van der Waals surface area contributed by atoms with E-state index < -0.39 is 0 Å². The van der Waals surface area contributed by atoms with Crippen molar-refractivity contribution in [2.75, 3.05) is 26.3 Å². The van der Waals surface area contributed by atoms with Gasteiger partial charge in [-0.2, -0.15) is 0 Å². The molecule has 0 radical (unpaired) electrons. The van der Waals surface area contributed by atoms with E-state index in [1.165, 1.54) is 11.1 Å². The lowest BCUT2D eigenvalue weighted by Gasteiger charge is -2.19. The molecule has 0 bridgehead atoms. The van der Waals surface area contributed by atoms with Crippen LogP contribution < -0.4 is 10.6 Å². The van der Waals surface area contributed by atoms with Crippen LogP contribution in [0.25, 0.3) is 0 Å². The molecule has 1 aromatic rings. The Labute approximate surface area is 170 Å². The Kier molecular flexibility index (Phi) is 12.9. The maximum Gasteiger partial charge on any atom is 0.191 e. The van der Waals surface area contributed by atoms with E-state index in [1.54, 1.807) is 0 Å². The first kappa shape index (κ1) is 24.1. The average molecular weight is 463 g/mol. The first-order chi connectivity index (χ1) is 11.4. The topological polar surface area (TPSA) is 54.9 Å². The molecule has 0 aromatic heterocycles. The fourth-order valence-corrected chi connectivity index (χ4v) is 2.02. The van der Waals surface area contributed by atoms with Crippen LogP contribution in [0.1, 0.15) is 45.7 Å². The monoisotopic (exact) mass is 463 g/mol. The van der Waals surface area contributed by atoms with Gasteiger partial charge in [0, 0.05) is 19.7 Å². The van der Waals surface area contributed by atoms with Crippen LogP contribution in [0.2, 0.25) is 0 Å². The molecule has 0 amide bonds. The normalized spacial score (nSPS) is 11.8. The van der Waals surface area contributed by atoms with E-state index in [-0.39, 0.29) is 29.6 Å². The SMILES string of the molecule is CCNC(=NCc1cccc(COC(C)(C)C)c1)NCCOCC.I. The molecular formula is C19H34IN3O2. The van der Waals surface area contributed by atoms with E-state index >= 15 is 0 Å². The van der Waals surface area contributed by atoms with Gasteiger partial charge < -0.3 is 20.1 Å². The molecule has 1 aromatic carbocycles. The van der Waals surface area contributed by atoms with Crippen LogP contribution in [0.3, 0.4) is 0 Å². The van der Waals surface area contributed by atoms with Gasteiger partial charge in [-0.3, -0.25) is 0 Å². The van der Waals surface area contributed by atoms with E-state index in [2.05, 4.69) is 67.6 Å². The summed E-state index contributed by atoms with van der Waals surface area (Å²) in [4.78, 5) is 4.63. The van der Waals surface area contributed by atoms with Crippen molar-refractivity contribution in [1.82, 2.24) is 10.6 Å². The predicted molar refractivity (Wildman–Crippen MR) is 116 cm³/mol. The number of ether oxygens (including phenoxy) is 2. The van der Waals surface area contributed by atoms with Crippen LogP contribution >= 0.6 is 24.0 Å². The molecule has 6 heteroatoms. The fourth-order valence-electron chi connectivity index (χ4n) is 2.02. The number of aliphatic imine (C=N–C) groups is 1. The Morgan fingerprint density at radius 2 is 1.84 bits per heavy atom. The molecule has 144 valence electrons. The van der Waals surface area contributed by atoms with E-state index in [0.29, 0.717) is 19.8 Å². The van der Waals surface area contributed by atoms with Crippen LogP contribution in [-0.2, 0) is 22.6 Å². The molecule has 0 unspecified atom stereocenters. The molecule has 0 atom stereocenters. The molecule has 2 N–H and O–H groups in total. The Bertz CT molecular complexity index is 502. The summed E-state index contributed by atoms with van der Waals surface area (Å²) in [5, 5.41) is 6.52. The van der Waals surface area contributed by atoms with Gasteiger partial charge in [0.05, 0.1) is 25.4 Å². The van der Waals surface area contributed by atoms with Gasteiger partial charge in [0.15, 0.2) is 5.96 Å². The fraction of sp³-hybridized carbons (Fsp3) is 0.632. The molecule has 0 spiro atoms. The van der Waals surface area contributed by atoms with Crippen molar-refractivity contribution in [3.63, 3.8) is 0 Å². The number of hydrogen-bond donors (Lipinski definition) is 2. The van der Waals surface area contributed by atoms with E-state index in [1.807, 2.05) is 6.92 Å². The molecular weight excluding hydrogens is 429 g/mol. The van der Waals surface area contributed by atoms with Crippen molar-refractivity contribution in [1.29, 1.82) is 0 Å². The first-order valence-corrected chi connectivity index (χ1v) is 8.76. The summed E-state index contributed by atoms with van der Waals surface area (Å²) >= 11 is 0. The third-order valence-electron chi connectivity index (χ3n) is 3.17. The smallest absolute Gasteiger partial charge is 0.191 e. The van der Waals surface area contributed by atoms with Crippen LogP contribution in [0.15, 0.2) is 29.3 Å². The zero-order chi connectivity index (χ0) is 17.8. The number of guanidine groups is 1. The highest BCUT2D eigenvalue weighted by Crippen LogP contribution is 2.13. The lowest BCUT2D eigenvalue weighted by atomic mass is 10.1. The van der Waals surface area contributed by atoms with Gasteiger partial charge in [-0.1, -0.05) is 24.3 Å². The van der Waals surface area contributed by atoms with E-state index in [0.717, 1.165) is 25.7 Å². The quantitative estimate of drug-likeness (QED) is 0.254. The van der Waals surface area contributed by atoms with Gasteiger partial charge in [-0.25, -0.2) is 4.99 Å². The molecule has 1 rings (SSSR count). The summed E-state index contributed by atoms with van der Waals surface area (Å²) in [7, 11) is 0. The third-order valence-corrected chi connectivity index (χ3v) is 3.17. The van der Waals surface area contributed by atoms with Gasteiger partial charge in [-0.05, 0) is 45.7 Å². The molecule has 0 saturated heterocycles. The molecule has 5 nitrogen and oxygen atoms in total. The number of halogens is 1. The number of hydrogen-bond acceptors (Lipinski definition) is 3. The Morgan fingerprint density at radius 3 is 2.48 bits per heavy atom. The molecule has 0 aliphatic carbocycles. The number of rotatable bonds is 9. The van der Waals surface area contributed by atoms with Crippen molar-refractivity contribution in [2.45, 2.75) is 53.4 Å². The molecule has 0 aliphatic rings.